The van der Waals surface area contributed by atoms with Gasteiger partial charge in [-0.3, -0.25) is 4.90 Å². The third kappa shape index (κ3) is 2.63. The Hall–Kier alpha value is -0.860. The van der Waals surface area contributed by atoms with Crippen molar-refractivity contribution in [2.24, 2.45) is 5.73 Å². The summed E-state index contributed by atoms with van der Waals surface area (Å²) in [6.07, 6.45) is 5.14. The molecule has 2 rings (SSSR count). The Balaban J connectivity index is 2.01. The quantitative estimate of drug-likeness (QED) is 0.820. The van der Waals surface area contributed by atoms with Crippen molar-refractivity contribution in [1.29, 1.82) is 0 Å². The van der Waals surface area contributed by atoms with E-state index in [0.29, 0.717) is 0 Å². The van der Waals surface area contributed by atoms with E-state index in [1.807, 2.05) is 0 Å². The van der Waals surface area contributed by atoms with E-state index >= 15 is 0 Å². The number of hydrogen-bond donors (Lipinski definition) is 1. The first-order valence-corrected chi connectivity index (χ1v) is 6.28. The first kappa shape index (κ1) is 11.6. The first-order valence-electron chi connectivity index (χ1n) is 6.28. The molecule has 0 heterocycles. The number of rotatable bonds is 5. The maximum atomic E-state index is 5.64. The lowest BCUT2D eigenvalue weighted by Gasteiger charge is -2.35. The van der Waals surface area contributed by atoms with E-state index in [-0.39, 0.29) is 0 Å². The second-order valence-electron chi connectivity index (χ2n) is 4.81. The third-order valence-electron chi connectivity index (χ3n) is 3.65. The Labute approximate surface area is 98.4 Å². The van der Waals surface area contributed by atoms with E-state index < -0.39 is 0 Å². The van der Waals surface area contributed by atoms with Crippen LogP contribution >= 0.6 is 0 Å². The van der Waals surface area contributed by atoms with Crippen molar-refractivity contribution in [2.45, 2.75) is 38.3 Å². The summed E-state index contributed by atoms with van der Waals surface area (Å²) in [6, 6.07) is 9.49. The maximum Gasteiger partial charge on any atom is 0.0236 e. The van der Waals surface area contributed by atoms with Crippen molar-refractivity contribution in [3.63, 3.8) is 0 Å². The molecule has 1 fully saturated rings. The van der Waals surface area contributed by atoms with Crippen LogP contribution < -0.4 is 5.73 Å². The molecule has 0 amide bonds. The Morgan fingerprint density at radius 2 is 1.94 bits per heavy atom. The van der Waals surface area contributed by atoms with Gasteiger partial charge in [-0.2, -0.15) is 0 Å². The van der Waals surface area contributed by atoms with Gasteiger partial charge >= 0.3 is 0 Å². The largest absolute Gasteiger partial charge is 0.330 e. The van der Waals surface area contributed by atoms with Gasteiger partial charge in [-0.05, 0) is 44.0 Å². The van der Waals surface area contributed by atoms with Crippen LogP contribution in [-0.2, 0) is 13.0 Å². The van der Waals surface area contributed by atoms with Crippen molar-refractivity contribution < 1.29 is 0 Å². The smallest absolute Gasteiger partial charge is 0.0236 e. The van der Waals surface area contributed by atoms with Gasteiger partial charge in [0.05, 0.1) is 0 Å². The minimum absolute atomic E-state index is 0.740. The molecule has 0 bridgehead atoms. The lowest BCUT2D eigenvalue weighted by molar-refractivity contribution is 0.152. The van der Waals surface area contributed by atoms with Crippen LogP contribution in [0, 0.1) is 0 Å². The highest BCUT2D eigenvalue weighted by Crippen LogP contribution is 2.25. The molecule has 0 radical (unpaired) electrons. The van der Waals surface area contributed by atoms with Gasteiger partial charge in [0.25, 0.3) is 0 Å². The summed E-state index contributed by atoms with van der Waals surface area (Å²) in [6.45, 7) is 1.81. The first-order chi connectivity index (χ1) is 7.81. The average Bonchev–Trinajstić information content (AvgIpc) is 2.18. The van der Waals surface area contributed by atoms with Crippen molar-refractivity contribution in [1.82, 2.24) is 4.90 Å². The molecule has 0 aromatic heterocycles. The standard InChI is InChI=1S/C14H22N2/c1-16(14-7-4-8-14)11-13-6-3-2-5-12(13)9-10-15/h2-3,5-6,14H,4,7-11,15H2,1H3. The molecule has 0 saturated heterocycles. The van der Waals surface area contributed by atoms with Gasteiger partial charge in [0, 0.05) is 12.6 Å². The molecule has 1 aliphatic rings. The third-order valence-corrected chi connectivity index (χ3v) is 3.65. The molecule has 0 unspecified atom stereocenters. The molecule has 1 aromatic carbocycles. The van der Waals surface area contributed by atoms with Gasteiger partial charge < -0.3 is 5.73 Å². The fourth-order valence-corrected chi connectivity index (χ4v) is 2.34. The zero-order valence-electron chi connectivity index (χ0n) is 10.2. The Morgan fingerprint density at radius 1 is 1.25 bits per heavy atom. The van der Waals surface area contributed by atoms with Crippen molar-refractivity contribution >= 4 is 0 Å². The molecule has 2 N–H and O–H groups in total. The van der Waals surface area contributed by atoms with E-state index in [4.69, 9.17) is 5.73 Å². The summed E-state index contributed by atoms with van der Waals surface area (Å²) in [5.41, 5.74) is 8.50. The molecule has 2 nitrogen and oxygen atoms in total. The predicted octanol–water partition coefficient (Wildman–Crippen LogP) is 2.17. The Kier molecular flexibility index (Phi) is 3.97. The molecule has 1 saturated carbocycles. The van der Waals surface area contributed by atoms with Gasteiger partial charge in [0.2, 0.25) is 0 Å². The van der Waals surface area contributed by atoms with E-state index in [9.17, 15) is 0 Å². The molecular formula is C14H22N2. The lowest BCUT2D eigenvalue weighted by atomic mass is 9.91. The molecule has 1 aromatic rings. The zero-order chi connectivity index (χ0) is 11.4. The molecule has 1 aliphatic carbocycles. The monoisotopic (exact) mass is 218 g/mol. The van der Waals surface area contributed by atoms with Crippen LogP contribution in [0.5, 0.6) is 0 Å². The van der Waals surface area contributed by atoms with Gasteiger partial charge in [0.15, 0.2) is 0 Å². The van der Waals surface area contributed by atoms with Crippen LogP contribution in [0.15, 0.2) is 24.3 Å². The van der Waals surface area contributed by atoms with Crippen molar-refractivity contribution in [3.8, 4) is 0 Å². The van der Waals surface area contributed by atoms with Gasteiger partial charge in [0.1, 0.15) is 0 Å². The van der Waals surface area contributed by atoms with E-state index in [2.05, 4.69) is 36.2 Å². The number of nitrogens with two attached hydrogens (primary N) is 1. The molecular weight excluding hydrogens is 196 g/mol. The molecule has 0 aliphatic heterocycles. The Morgan fingerprint density at radius 3 is 2.50 bits per heavy atom. The zero-order valence-corrected chi connectivity index (χ0v) is 10.2. The maximum absolute atomic E-state index is 5.64. The van der Waals surface area contributed by atoms with Crippen LogP contribution in [0.2, 0.25) is 0 Å². The van der Waals surface area contributed by atoms with Crippen molar-refractivity contribution in [3.05, 3.63) is 35.4 Å². The van der Waals surface area contributed by atoms with E-state index in [0.717, 1.165) is 25.6 Å². The van der Waals surface area contributed by atoms with Crippen molar-refractivity contribution in [2.75, 3.05) is 13.6 Å². The topological polar surface area (TPSA) is 29.3 Å². The van der Waals surface area contributed by atoms with Crippen LogP contribution in [0.3, 0.4) is 0 Å². The molecule has 0 spiro atoms. The second kappa shape index (κ2) is 5.46. The predicted molar refractivity (Wildman–Crippen MR) is 68.3 cm³/mol. The number of hydrogen-bond acceptors (Lipinski definition) is 2. The summed E-state index contributed by atoms with van der Waals surface area (Å²) in [4.78, 5) is 2.48. The van der Waals surface area contributed by atoms with Crippen LogP contribution in [-0.4, -0.2) is 24.5 Å². The fourth-order valence-electron chi connectivity index (χ4n) is 2.34. The summed E-state index contributed by atoms with van der Waals surface area (Å²) < 4.78 is 0. The summed E-state index contributed by atoms with van der Waals surface area (Å²) >= 11 is 0. The molecule has 16 heavy (non-hydrogen) atoms. The fraction of sp³-hybridized carbons (Fsp3) is 0.571. The second-order valence-corrected chi connectivity index (χ2v) is 4.81. The normalized spacial score (nSPS) is 16.4. The lowest BCUT2D eigenvalue weighted by Crippen LogP contribution is -2.36. The minimum Gasteiger partial charge on any atom is -0.330 e. The highest BCUT2D eigenvalue weighted by molar-refractivity contribution is 5.27. The minimum atomic E-state index is 0.740. The molecule has 2 heteroatoms. The highest BCUT2D eigenvalue weighted by Gasteiger charge is 2.22. The molecule has 88 valence electrons. The van der Waals surface area contributed by atoms with Gasteiger partial charge in [-0.25, -0.2) is 0 Å². The summed E-state index contributed by atoms with van der Waals surface area (Å²) in [5.74, 6) is 0. The van der Waals surface area contributed by atoms with Gasteiger partial charge in [-0.1, -0.05) is 30.7 Å². The van der Waals surface area contributed by atoms with E-state index in [1.54, 1.807) is 0 Å². The molecule has 0 atom stereocenters. The number of nitrogens with zero attached hydrogens (tertiary/aromatic N) is 1. The van der Waals surface area contributed by atoms with Gasteiger partial charge in [-0.15, -0.1) is 0 Å². The van der Waals surface area contributed by atoms with E-state index in [1.165, 1.54) is 30.4 Å². The van der Waals surface area contributed by atoms with Crippen LogP contribution in [0.1, 0.15) is 30.4 Å². The van der Waals surface area contributed by atoms with Crippen LogP contribution in [0.4, 0.5) is 0 Å². The van der Waals surface area contributed by atoms with Crippen LogP contribution in [0.25, 0.3) is 0 Å². The Bertz CT molecular complexity index is 331. The highest BCUT2D eigenvalue weighted by atomic mass is 15.1. The summed E-state index contributed by atoms with van der Waals surface area (Å²) in [5, 5.41) is 0. The average molecular weight is 218 g/mol. The number of benzene rings is 1. The summed E-state index contributed by atoms with van der Waals surface area (Å²) in [7, 11) is 2.24. The SMILES string of the molecule is CN(Cc1ccccc1CCN)C1CCC1.